The van der Waals surface area contributed by atoms with Gasteiger partial charge in [-0.2, -0.15) is 0 Å². The number of likely N-dealkylation sites (tertiary alicyclic amines) is 1. The molecule has 0 radical (unpaired) electrons. The van der Waals surface area contributed by atoms with Gasteiger partial charge in [0.05, 0.1) is 17.8 Å². The summed E-state index contributed by atoms with van der Waals surface area (Å²) in [4.78, 5) is 13.5. The topological polar surface area (TPSA) is 59.0 Å². The van der Waals surface area contributed by atoms with E-state index in [1.165, 1.54) is 5.56 Å². The highest BCUT2D eigenvalue weighted by Gasteiger charge is 2.41. The van der Waals surface area contributed by atoms with Crippen molar-refractivity contribution in [3.8, 4) is 5.75 Å². The molecule has 0 unspecified atom stereocenters. The summed E-state index contributed by atoms with van der Waals surface area (Å²) >= 11 is 0. The smallest absolute Gasteiger partial charge is 0.335 e. The molecule has 2 fully saturated rings. The third-order valence-electron chi connectivity index (χ3n) is 5.53. The minimum absolute atomic E-state index is 0.176. The fourth-order valence-electron chi connectivity index (χ4n) is 4.19. The number of fused-ring (bicyclic) bond motifs is 1. The Morgan fingerprint density at radius 3 is 2.85 bits per heavy atom. The molecule has 2 heterocycles. The van der Waals surface area contributed by atoms with E-state index in [0.29, 0.717) is 24.5 Å². The molecule has 0 saturated carbocycles. The third-order valence-corrected chi connectivity index (χ3v) is 5.53. The van der Waals surface area contributed by atoms with E-state index in [-0.39, 0.29) is 11.7 Å². The average Bonchev–Trinajstić information content (AvgIpc) is 3.14. The van der Waals surface area contributed by atoms with E-state index in [4.69, 9.17) is 14.6 Å². The molecule has 0 bridgehead atoms. The van der Waals surface area contributed by atoms with Crippen LogP contribution in [-0.4, -0.2) is 47.8 Å². The Morgan fingerprint density at radius 2 is 2.04 bits per heavy atom. The first-order chi connectivity index (χ1) is 13.2. The maximum atomic E-state index is 11.1. The van der Waals surface area contributed by atoms with Crippen LogP contribution in [0.25, 0.3) is 0 Å². The van der Waals surface area contributed by atoms with Gasteiger partial charge in [0.2, 0.25) is 0 Å². The lowest BCUT2D eigenvalue weighted by atomic mass is 9.96. The molecule has 5 heteroatoms. The molecule has 27 heavy (non-hydrogen) atoms. The molecule has 2 aromatic carbocycles. The Bertz CT molecular complexity index is 779. The number of hydrogen-bond donors (Lipinski definition) is 1. The molecule has 0 amide bonds. The summed E-state index contributed by atoms with van der Waals surface area (Å²) in [6, 6.07) is 17.5. The van der Waals surface area contributed by atoms with Gasteiger partial charge < -0.3 is 14.6 Å². The summed E-state index contributed by atoms with van der Waals surface area (Å²) in [5, 5.41) is 9.08. The number of nitrogens with zero attached hydrogens (tertiary/aromatic N) is 1. The van der Waals surface area contributed by atoms with Gasteiger partial charge in [-0.3, -0.25) is 4.90 Å². The van der Waals surface area contributed by atoms with Crippen LogP contribution in [0.4, 0.5) is 0 Å². The summed E-state index contributed by atoms with van der Waals surface area (Å²) in [5.41, 5.74) is 1.51. The molecule has 3 atom stereocenters. The van der Waals surface area contributed by atoms with E-state index >= 15 is 0 Å². The number of hydrogen-bond acceptors (Lipinski definition) is 4. The van der Waals surface area contributed by atoms with Crippen LogP contribution in [0.5, 0.6) is 5.75 Å². The first kappa shape index (κ1) is 18.0. The lowest BCUT2D eigenvalue weighted by Gasteiger charge is -2.36. The first-order valence-electron chi connectivity index (χ1n) is 9.61. The van der Waals surface area contributed by atoms with Crippen molar-refractivity contribution in [3.05, 3.63) is 65.7 Å². The molecule has 0 aromatic heterocycles. The normalized spacial score (nSPS) is 25.1. The highest BCUT2D eigenvalue weighted by Crippen LogP contribution is 2.39. The molecule has 2 saturated heterocycles. The number of carbonyl (C=O) groups is 1. The number of piperidine rings is 1. The molecular weight excluding hydrogens is 342 g/mol. The molecule has 5 nitrogen and oxygen atoms in total. The number of aromatic carboxylic acids is 1. The minimum Gasteiger partial charge on any atom is -0.492 e. The third kappa shape index (κ3) is 4.15. The van der Waals surface area contributed by atoms with Crippen molar-refractivity contribution in [3.63, 3.8) is 0 Å². The Hall–Kier alpha value is -2.37. The average molecular weight is 367 g/mol. The van der Waals surface area contributed by atoms with E-state index in [1.54, 1.807) is 24.3 Å². The van der Waals surface area contributed by atoms with Gasteiger partial charge in [0.1, 0.15) is 12.4 Å². The van der Waals surface area contributed by atoms with Crippen LogP contribution in [0.2, 0.25) is 0 Å². The van der Waals surface area contributed by atoms with Gasteiger partial charge in [-0.15, -0.1) is 0 Å². The van der Waals surface area contributed by atoms with Crippen molar-refractivity contribution in [2.45, 2.75) is 37.5 Å². The van der Waals surface area contributed by atoms with Gasteiger partial charge in [-0.1, -0.05) is 36.4 Å². The molecule has 0 spiro atoms. The lowest BCUT2D eigenvalue weighted by Crippen LogP contribution is -2.47. The summed E-state index contributed by atoms with van der Waals surface area (Å²) in [5.74, 6) is -0.331. The molecule has 2 aromatic rings. The van der Waals surface area contributed by atoms with Crippen LogP contribution >= 0.6 is 0 Å². The SMILES string of the molecule is O=C(O)c1cccc(OCCN2CCC[C@@H]3O[C@H](c4ccccc4)C[C@@H]32)c1. The zero-order chi connectivity index (χ0) is 18.6. The Kier molecular flexibility index (Phi) is 5.41. The number of ether oxygens (including phenoxy) is 2. The van der Waals surface area contributed by atoms with Crippen molar-refractivity contribution >= 4 is 5.97 Å². The number of carboxylic acids is 1. The Labute approximate surface area is 159 Å². The van der Waals surface area contributed by atoms with Crippen molar-refractivity contribution in [2.24, 2.45) is 0 Å². The van der Waals surface area contributed by atoms with Crippen LogP contribution in [-0.2, 0) is 4.74 Å². The molecule has 4 rings (SSSR count). The highest BCUT2D eigenvalue weighted by molar-refractivity contribution is 5.87. The van der Waals surface area contributed by atoms with Gasteiger partial charge in [-0.25, -0.2) is 4.79 Å². The van der Waals surface area contributed by atoms with Crippen LogP contribution in [0.15, 0.2) is 54.6 Å². The monoisotopic (exact) mass is 367 g/mol. The standard InChI is InChI=1S/C22H25NO4/c24-22(25)17-8-4-9-18(14-17)26-13-12-23-11-5-10-20-19(23)15-21(27-20)16-6-2-1-3-7-16/h1-4,6-9,14,19-21H,5,10-13,15H2,(H,24,25)/t19-,20-,21-/m0/s1. The van der Waals surface area contributed by atoms with E-state index < -0.39 is 5.97 Å². The van der Waals surface area contributed by atoms with Gasteiger partial charge in [0.15, 0.2) is 0 Å². The van der Waals surface area contributed by atoms with Crippen LogP contribution < -0.4 is 4.74 Å². The fraction of sp³-hybridized carbons (Fsp3) is 0.409. The van der Waals surface area contributed by atoms with Crippen molar-refractivity contribution in [1.29, 1.82) is 0 Å². The largest absolute Gasteiger partial charge is 0.492 e. The molecule has 2 aliphatic heterocycles. The van der Waals surface area contributed by atoms with Crippen LogP contribution in [0.1, 0.15) is 41.3 Å². The maximum Gasteiger partial charge on any atom is 0.335 e. The van der Waals surface area contributed by atoms with E-state index in [0.717, 1.165) is 32.4 Å². The molecular formula is C22H25NO4. The highest BCUT2D eigenvalue weighted by atomic mass is 16.5. The summed E-state index contributed by atoms with van der Waals surface area (Å²) in [7, 11) is 0. The predicted molar refractivity (Wildman–Crippen MR) is 102 cm³/mol. The van der Waals surface area contributed by atoms with Gasteiger partial charge in [-0.05, 0) is 49.6 Å². The number of carboxylic acid groups (broad SMARTS) is 1. The molecule has 2 aliphatic rings. The predicted octanol–water partition coefficient (Wildman–Crippen LogP) is 3.76. The first-order valence-corrected chi connectivity index (χ1v) is 9.61. The minimum atomic E-state index is -0.936. The van der Waals surface area contributed by atoms with Gasteiger partial charge in [0, 0.05) is 12.6 Å². The summed E-state index contributed by atoms with van der Waals surface area (Å²) in [6.45, 7) is 2.43. The maximum absolute atomic E-state index is 11.1. The lowest BCUT2D eigenvalue weighted by molar-refractivity contribution is -0.00608. The zero-order valence-electron chi connectivity index (χ0n) is 15.3. The van der Waals surface area contributed by atoms with Crippen molar-refractivity contribution < 1.29 is 19.4 Å². The van der Waals surface area contributed by atoms with Crippen molar-refractivity contribution in [1.82, 2.24) is 4.90 Å². The van der Waals surface area contributed by atoms with Gasteiger partial charge in [0.25, 0.3) is 0 Å². The van der Waals surface area contributed by atoms with Crippen molar-refractivity contribution in [2.75, 3.05) is 19.7 Å². The summed E-state index contributed by atoms with van der Waals surface area (Å²) < 4.78 is 12.2. The Morgan fingerprint density at radius 1 is 1.19 bits per heavy atom. The zero-order valence-corrected chi connectivity index (χ0v) is 15.3. The van der Waals surface area contributed by atoms with Crippen LogP contribution in [0, 0.1) is 0 Å². The summed E-state index contributed by atoms with van der Waals surface area (Å²) in [6.07, 6.45) is 3.74. The fourth-order valence-corrected chi connectivity index (χ4v) is 4.19. The Balaban J connectivity index is 1.34. The van der Waals surface area contributed by atoms with Crippen LogP contribution in [0.3, 0.4) is 0 Å². The number of rotatable bonds is 6. The second kappa shape index (κ2) is 8.11. The van der Waals surface area contributed by atoms with E-state index in [1.807, 2.05) is 6.07 Å². The second-order valence-corrected chi connectivity index (χ2v) is 7.24. The molecule has 0 aliphatic carbocycles. The number of benzene rings is 2. The van der Waals surface area contributed by atoms with Gasteiger partial charge >= 0.3 is 5.97 Å². The van der Waals surface area contributed by atoms with E-state index in [9.17, 15) is 4.79 Å². The molecule has 1 N–H and O–H groups in total. The quantitative estimate of drug-likeness (QED) is 0.842. The second-order valence-electron chi connectivity index (χ2n) is 7.24. The molecule has 142 valence electrons. The van der Waals surface area contributed by atoms with E-state index in [2.05, 4.69) is 29.2 Å².